The number of hydrogen-bond acceptors (Lipinski definition) is 2. The van der Waals surface area contributed by atoms with E-state index in [4.69, 9.17) is 0 Å². The van der Waals surface area contributed by atoms with Gasteiger partial charge in [-0.15, -0.1) is 0 Å². The van der Waals surface area contributed by atoms with Crippen molar-refractivity contribution in [1.82, 2.24) is 4.90 Å². The smallest absolute Gasteiger partial charge is 0.343 e. The third-order valence-corrected chi connectivity index (χ3v) is 4.16. The summed E-state index contributed by atoms with van der Waals surface area (Å²) < 4.78 is 37.5. The van der Waals surface area contributed by atoms with Gasteiger partial charge in [-0.1, -0.05) is 6.92 Å². The molecule has 1 N–H and O–H groups in total. The Morgan fingerprint density at radius 1 is 1.17 bits per heavy atom. The van der Waals surface area contributed by atoms with E-state index >= 15 is 0 Å². The van der Waals surface area contributed by atoms with Crippen LogP contribution in [0, 0.1) is 5.92 Å². The van der Waals surface area contributed by atoms with E-state index in [1.54, 1.807) is 4.90 Å². The van der Waals surface area contributed by atoms with Crippen molar-refractivity contribution < 1.29 is 22.8 Å². The molecule has 2 amide bonds. The average molecular weight is 342 g/mol. The van der Waals surface area contributed by atoms with E-state index in [-0.39, 0.29) is 17.7 Å². The molecule has 0 radical (unpaired) electrons. The van der Waals surface area contributed by atoms with Gasteiger partial charge in [0.05, 0.1) is 5.56 Å². The molecule has 7 heteroatoms. The Kier molecular flexibility index (Phi) is 5.85. The van der Waals surface area contributed by atoms with Crippen molar-refractivity contribution in [2.24, 2.45) is 5.92 Å². The van der Waals surface area contributed by atoms with E-state index in [0.29, 0.717) is 38.0 Å². The summed E-state index contributed by atoms with van der Waals surface area (Å²) in [6, 6.07) is 4.39. The van der Waals surface area contributed by atoms with Gasteiger partial charge >= 0.3 is 6.18 Å². The van der Waals surface area contributed by atoms with E-state index in [1.807, 2.05) is 6.92 Å². The zero-order valence-electron chi connectivity index (χ0n) is 13.5. The molecule has 132 valence electrons. The Morgan fingerprint density at radius 3 is 2.25 bits per heavy atom. The van der Waals surface area contributed by atoms with Gasteiger partial charge in [0.15, 0.2) is 0 Å². The number of likely N-dealkylation sites (tertiary alicyclic amines) is 1. The van der Waals surface area contributed by atoms with Gasteiger partial charge in [-0.05, 0) is 43.5 Å². The first-order valence-electron chi connectivity index (χ1n) is 8.07. The third kappa shape index (κ3) is 4.72. The van der Waals surface area contributed by atoms with Crippen LogP contribution in [0.5, 0.6) is 0 Å². The molecule has 2 rings (SSSR count). The standard InChI is InChI=1S/C17H21F3N2O2/c1-2-3-15(23)22-10-8-12(9-11-22)16(24)21-14-6-4-13(5-7-14)17(18,19)20/h4-7,12H,2-3,8-11H2,1H3,(H,21,24). The monoisotopic (exact) mass is 342 g/mol. The average Bonchev–Trinajstić information content (AvgIpc) is 2.55. The molecule has 0 aliphatic carbocycles. The first-order chi connectivity index (χ1) is 11.3. The molecule has 0 saturated carbocycles. The van der Waals surface area contributed by atoms with Gasteiger partial charge < -0.3 is 10.2 Å². The van der Waals surface area contributed by atoms with Crippen LogP contribution in [-0.2, 0) is 15.8 Å². The first-order valence-corrected chi connectivity index (χ1v) is 8.07. The molecule has 0 bridgehead atoms. The number of benzene rings is 1. The minimum absolute atomic E-state index is 0.110. The second-order valence-corrected chi connectivity index (χ2v) is 5.97. The Labute approximate surface area is 139 Å². The molecule has 0 unspecified atom stereocenters. The summed E-state index contributed by atoms with van der Waals surface area (Å²) in [4.78, 5) is 25.8. The van der Waals surface area contributed by atoms with Crippen LogP contribution in [0.1, 0.15) is 38.2 Å². The van der Waals surface area contributed by atoms with Crippen LogP contribution < -0.4 is 5.32 Å². The highest BCUT2D eigenvalue weighted by Gasteiger charge is 2.30. The Morgan fingerprint density at radius 2 is 1.75 bits per heavy atom. The van der Waals surface area contributed by atoms with Gasteiger partial charge in [0.25, 0.3) is 0 Å². The highest BCUT2D eigenvalue weighted by Crippen LogP contribution is 2.30. The Bertz CT molecular complexity index is 576. The van der Waals surface area contributed by atoms with Crippen LogP contribution in [0.2, 0.25) is 0 Å². The number of alkyl halides is 3. The molecule has 1 fully saturated rings. The zero-order chi connectivity index (χ0) is 17.7. The zero-order valence-corrected chi connectivity index (χ0v) is 13.5. The van der Waals surface area contributed by atoms with Gasteiger partial charge in [-0.2, -0.15) is 13.2 Å². The fourth-order valence-corrected chi connectivity index (χ4v) is 2.75. The van der Waals surface area contributed by atoms with Crippen molar-refractivity contribution in [3.05, 3.63) is 29.8 Å². The summed E-state index contributed by atoms with van der Waals surface area (Å²) in [6.45, 7) is 3.04. The molecule has 0 atom stereocenters. The lowest BCUT2D eigenvalue weighted by atomic mass is 9.95. The Balaban J connectivity index is 1.86. The van der Waals surface area contributed by atoms with Crippen LogP contribution >= 0.6 is 0 Å². The number of rotatable bonds is 4. The highest BCUT2D eigenvalue weighted by molar-refractivity contribution is 5.92. The van der Waals surface area contributed by atoms with Crippen molar-refractivity contribution >= 4 is 17.5 Å². The van der Waals surface area contributed by atoms with Crippen LogP contribution in [0.4, 0.5) is 18.9 Å². The molecule has 1 aromatic carbocycles. The molecular formula is C17H21F3N2O2. The molecule has 24 heavy (non-hydrogen) atoms. The summed E-state index contributed by atoms with van der Waals surface area (Å²) in [7, 11) is 0. The van der Waals surface area contributed by atoms with Gasteiger partial charge in [0.1, 0.15) is 0 Å². The topological polar surface area (TPSA) is 49.4 Å². The number of anilines is 1. The molecular weight excluding hydrogens is 321 g/mol. The Hall–Kier alpha value is -2.05. The first kappa shape index (κ1) is 18.3. The molecule has 1 saturated heterocycles. The van der Waals surface area contributed by atoms with Crippen LogP contribution in [0.15, 0.2) is 24.3 Å². The van der Waals surface area contributed by atoms with E-state index in [0.717, 1.165) is 18.6 Å². The predicted molar refractivity (Wildman–Crippen MR) is 84.3 cm³/mol. The maximum atomic E-state index is 12.5. The van der Waals surface area contributed by atoms with Gasteiger partial charge in [0, 0.05) is 31.1 Å². The summed E-state index contributed by atoms with van der Waals surface area (Å²) in [5.41, 5.74) is -0.402. The fourth-order valence-electron chi connectivity index (χ4n) is 2.75. The molecule has 1 aliphatic rings. The maximum Gasteiger partial charge on any atom is 0.416 e. The van der Waals surface area contributed by atoms with Gasteiger partial charge in [0.2, 0.25) is 11.8 Å². The van der Waals surface area contributed by atoms with Crippen molar-refractivity contribution in [1.29, 1.82) is 0 Å². The third-order valence-electron chi connectivity index (χ3n) is 4.16. The normalized spacial score (nSPS) is 16.1. The SMILES string of the molecule is CCCC(=O)N1CCC(C(=O)Nc2ccc(C(F)(F)F)cc2)CC1. The summed E-state index contributed by atoms with van der Waals surface area (Å²) in [6.07, 6.45) is -1.93. The number of carbonyl (C=O) groups is 2. The number of carbonyl (C=O) groups excluding carboxylic acids is 2. The number of piperidine rings is 1. The molecule has 0 spiro atoms. The van der Waals surface area contributed by atoms with Crippen LogP contribution in [0.3, 0.4) is 0 Å². The lowest BCUT2D eigenvalue weighted by molar-refractivity contribution is -0.137. The minimum atomic E-state index is -4.39. The summed E-state index contributed by atoms with van der Waals surface area (Å²) in [5, 5.41) is 2.65. The van der Waals surface area contributed by atoms with Gasteiger partial charge in [-0.3, -0.25) is 9.59 Å². The van der Waals surface area contributed by atoms with Crippen molar-refractivity contribution in [3.63, 3.8) is 0 Å². The van der Waals surface area contributed by atoms with Crippen molar-refractivity contribution in [2.45, 2.75) is 38.8 Å². The number of amides is 2. The van der Waals surface area contributed by atoms with E-state index in [1.165, 1.54) is 12.1 Å². The number of halogens is 3. The van der Waals surface area contributed by atoms with E-state index < -0.39 is 11.7 Å². The maximum absolute atomic E-state index is 12.5. The number of hydrogen-bond donors (Lipinski definition) is 1. The fraction of sp³-hybridized carbons (Fsp3) is 0.529. The molecule has 4 nitrogen and oxygen atoms in total. The van der Waals surface area contributed by atoms with E-state index in [9.17, 15) is 22.8 Å². The number of nitrogens with one attached hydrogen (secondary N) is 1. The molecule has 0 aromatic heterocycles. The lowest BCUT2D eigenvalue weighted by Crippen LogP contribution is -2.41. The van der Waals surface area contributed by atoms with Crippen LogP contribution in [0.25, 0.3) is 0 Å². The molecule has 1 heterocycles. The predicted octanol–water partition coefficient (Wildman–Crippen LogP) is 3.68. The van der Waals surface area contributed by atoms with Crippen LogP contribution in [-0.4, -0.2) is 29.8 Å². The van der Waals surface area contributed by atoms with Gasteiger partial charge in [-0.25, -0.2) is 0 Å². The van der Waals surface area contributed by atoms with Crippen molar-refractivity contribution in [3.8, 4) is 0 Å². The second-order valence-electron chi connectivity index (χ2n) is 5.97. The van der Waals surface area contributed by atoms with E-state index in [2.05, 4.69) is 5.32 Å². The quantitative estimate of drug-likeness (QED) is 0.907. The summed E-state index contributed by atoms with van der Waals surface area (Å²) >= 11 is 0. The second kappa shape index (κ2) is 7.68. The van der Waals surface area contributed by atoms with Crippen molar-refractivity contribution in [2.75, 3.05) is 18.4 Å². The number of nitrogens with zero attached hydrogens (tertiary/aromatic N) is 1. The molecule has 1 aromatic rings. The largest absolute Gasteiger partial charge is 0.416 e. The lowest BCUT2D eigenvalue weighted by Gasteiger charge is -2.31. The highest BCUT2D eigenvalue weighted by atomic mass is 19.4. The summed E-state index contributed by atoms with van der Waals surface area (Å²) in [5.74, 6) is -0.325. The minimum Gasteiger partial charge on any atom is -0.343 e. The molecule has 1 aliphatic heterocycles.